The maximum atomic E-state index is 9.80. The molecule has 3 atom stereocenters. The van der Waals surface area contributed by atoms with Crippen LogP contribution in [0.4, 0.5) is 0 Å². The Morgan fingerprint density at radius 1 is 1.53 bits per heavy atom. The lowest BCUT2D eigenvalue weighted by atomic mass is 10.1. The monoisotopic (exact) mass is 281 g/mol. The molecule has 2 N–H and O–H groups in total. The van der Waals surface area contributed by atoms with Crippen molar-refractivity contribution in [1.82, 2.24) is 14.6 Å². The number of hydrogen-bond donors (Lipinski definition) is 2. The molecule has 0 radical (unpaired) electrons. The summed E-state index contributed by atoms with van der Waals surface area (Å²) >= 11 is 1.56. The lowest BCUT2D eigenvalue weighted by Crippen LogP contribution is -2.24. The first-order chi connectivity index (χ1) is 9.24. The number of hydrogen-bond acceptors (Lipinski definition) is 6. The minimum Gasteiger partial charge on any atom is -0.394 e. The molecule has 0 aromatic carbocycles. The standard InChI is InChI=1S/C12H15N3O3S/c1-19-12-8-3-2-7(15(8)14-6-13-12)10-4-9(17)11(5-16)18-10/h2-3,6,9-11,16-17H,4-5H2,1H3/t9-,10?,11+/m0/s1. The molecule has 1 fully saturated rings. The van der Waals surface area contributed by atoms with E-state index in [1.807, 2.05) is 18.4 Å². The summed E-state index contributed by atoms with van der Waals surface area (Å²) in [6.45, 7) is -0.175. The molecule has 0 aliphatic carbocycles. The van der Waals surface area contributed by atoms with Gasteiger partial charge in [-0.2, -0.15) is 5.10 Å². The number of fused-ring (bicyclic) bond motifs is 1. The van der Waals surface area contributed by atoms with Crippen molar-refractivity contribution < 1.29 is 14.9 Å². The molecule has 1 unspecified atom stereocenters. The van der Waals surface area contributed by atoms with Crippen LogP contribution in [0.25, 0.3) is 5.52 Å². The van der Waals surface area contributed by atoms with E-state index in [0.29, 0.717) is 6.42 Å². The first-order valence-electron chi connectivity index (χ1n) is 6.05. The van der Waals surface area contributed by atoms with E-state index < -0.39 is 12.2 Å². The zero-order valence-corrected chi connectivity index (χ0v) is 11.2. The van der Waals surface area contributed by atoms with Gasteiger partial charge in [0.2, 0.25) is 0 Å². The largest absolute Gasteiger partial charge is 0.394 e. The van der Waals surface area contributed by atoms with Crippen molar-refractivity contribution in [1.29, 1.82) is 0 Å². The van der Waals surface area contributed by atoms with Crippen LogP contribution in [-0.4, -0.2) is 49.9 Å². The third-order valence-electron chi connectivity index (χ3n) is 3.37. The van der Waals surface area contributed by atoms with Gasteiger partial charge in [0.15, 0.2) is 0 Å². The van der Waals surface area contributed by atoms with Crippen LogP contribution in [0.2, 0.25) is 0 Å². The quantitative estimate of drug-likeness (QED) is 0.804. The number of aliphatic hydroxyl groups excluding tert-OH is 2. The van der Waals surface area contributed by atoms with Crippen LogP contribution < -0.4 is 0 Å². The van der Waals surface area contributed by atoms with Crippen LogP contribution in [0.3, 0.4) is 0 Å². The molecule has 7 heteroatoms. The van der Waals surface area contributed by atoms with E-state index in [9.17, 15) is 5.11 Å². The van der Waals surface area contributed by atoms with Crippen LogP contribution in [0.1, 0.15) is 18.2 Å². The molecule has 1 saturated heterocycles. The summed E-state index contributed by atoms with van der Waals surface area (Å²) < 4.78 is 7.45. The van der Waals surface area contributed by atoms with Crippen molar-refractivity contribution in [3.63, 3.8) is 0 Å². The number of aliphatic hydroxyl groups is 2. The molecule has 2 aromatic heterocycles. The first-order valence-corrected chi connectivity index (χ1v) is 7.28. The van der Waals surface area contributed by atoms with E-state index in [1.165, 1.54) is 6.33 Å². The van der Waals surface area contributed by atoms with Crippen molar-refractivity contribution >= 4 is 17.3 Å². The summed E-state index contributed by atoms with van der Waals surface area (Å²) in [5, 5.41) is 24.1. The molecule has 3 heterocycles. The summed E-state index contributed by atoms with van der Waals surface area (Å²) in [5.41, 5.74) is 1.80. The fraction of sp³-hybridized carbons (Fsp3) is 0.500. The van der Waals surface area contributed by atoms with Gasteiger partial charge in [-0.1, -0.05) is 0 Å². The fourth-order valence-electron chi connectivity index (χ4n) is 2.42. The lowest BCUT2D eigenvalue weighted by molar-refractivity contribution is -0.0239. The van der Waals surface area contributed by atoms with Crippen LogP contribution >= 0.6 is 11.8 Å². The lowest BCUT2D eigenvalue weighted by Gasteiger charge is -2.12. The predicted molar refractivity (Wildman–Crippen MR) is 70.1 cm³/mol. The number of thioether (sulfide) groups is 1. The average Bonchev–Trinajstić information content (AvgIpc) is 3.01. The third kappa shape index (κ3) is 2.12. The van der Waals surface area contributed by atoms with Gasteiger partial charge >= 0.3 is 0 Å². The molecular formula is C12H15N3O3S. The van der Waals surface area contributed by atoms with E-state index in [-0.39, 0.29) is 12.7 Å². The van der Waals surface area contributed by atoms with Crippen molar-refractivity contribution in [2.24, 2.45) is 0 Å². The molecule has 102 valence electrons. The maximum Gasteiger partial charge on any atom is 0.137 e. The number of rotatable bonds is 3. The van der Waals surface area contributed by atoms with Gasteiger partial charge in [-0.15, -0.1) is 11.8 Å². The summed E-state index contributed by atoms with van der Waals surface area (Å²) in [6.07, 6.45) is 2.54. The Morgan fingerprint density at radius 2 is 2.37 bits per heavy atom. The van der Waals surface area contributed by atoms with Gasteiger partial charge in [0.25, 0.3) is 0 Å². The molecule has 1 aliphatic rings. The molecule has 3 rings (SSSR count). The maximum absolute atomic E-state index is 9.80. The second-order valence-electron chi connectivity index (χ2n) is 4.47. The van der Waals surface area contributed by atoms with Crippen molar-refractivity contribution in [3.05, 3.63) is 24.2 Å². The summed E-state index contributed by atoms with van der Waals surface area (Å²) in [7, 11) is 0. The van der Waals surface area contributed by atoms with E-state index in [1.54, 1.807) is 16.3 Å². The molecule has 0 spiro atoms. The highest BCUT2D eigenvalue weighted by atomic mass is 32.2. The zero-order chi connectivity index (χ0) is 13.4. The minimum absolute atomic E-state index is 0.175. The number of ether oxygens (including phenoxy) is 1. The summed E-state index contributed by atoms with van der Waals surface area (Å²) in [6, 6.07) is 3.88. The molecule has 6 nitrogen and oxygen atoms in total. The molecular weight excluding hydrogens is 266 g/mol. The second-order valence-corrected chi connectivity index (χ2v) is 5.27. The van der Waals surface area contributed by atoms with Crippen LogP contribution in [0.5, 0.6) is 0 Å². The Morgan fingerprint density at radius 3 is 3.05 bits per heavy atom. The van der Waals surface area contributed by atoms with E-state index in [2.05, 4.69) is 10.1 Å². The van der Waals surface area contributed by atoms with Crippen LogP contribution in [0, 0.1) is 0 Å². The highest BCUT2D eigenvalue weighted by Crippen LogP contribution is 2.34. The van der Waals surface area contributed by atoms with E-state index >= 15 is 0 Å². The molecule has 2 aromatic rings. The molecule has 0 saturated carbocycles. The van der Waals surface area contributed by atoms with Gasteiger partial charge < -0.3 is 14.9 Å². The topological polar surface area (TPSA) is 79.9 Å². The smallest absolute Gasteiger partial charge is 0.137 e. The SMILES string of the molecule is CSc1ncnn2c(C3C[C@H](O)[C@@H](CO)O3)ccc12. The Labute approximate surface area is 114 Å². The molecule has 0 bridgehead atoms. The Bertz CT molecular complexity index is 589. The average molecular weight is 281 g/mol. The molecule has 19 heavy (non-hydrogen) atoms. The number of nitrogens with zero attached hydrogens (tertiary/aromatic N) is 3. The van der Waals surface area contributed by atoms with E-state index in [4.69, 9.17) is 9.84 Å². The first kappa shape index (κ1) is 12.9. The molecule has 1 aliphatic heterocycles. The third-order valence-corrected chi connectivity index (χ3v) is 4.07. The van der Waals surface area contributed by atoms with Gasteiger partial charge in [-0.25, -0.2) is 9.50 Å². The fourth-order valence-corrected chi connectivity index (χ4v) is 2.93. The van der Waals surface area contributed by atoms with Crippen LogP contribution in [0.15, 0.2) is 23.5 Å². The van der Waals surface area contributed by atoms with Crippen LogP contribution in [-0.2, 0) is 4.74 Å². The normalized spacial score (nSPS) is 27.2. The van der Waals surface area contributed by atoms with Gasteiger partial charge in [0.1, 0.15) is 23.6 Å². The van der Waals surface area contributed by atoms with Gasteiger partial charge in [0, 0.05) is 6.42 Å². The highest BCUT2D eigenvalue weighted by molar-refractivity contribution is 7.98. The van der Waals surface area contributed by atoms with Crippen molar-refractivity contribution in [3.8, 4) is 0 Å². The van der Waals surface area contributed by atoms with Crippen molar-refractivity contribution in [2.45, 2.75) is 29.8 Å². The summed E-state index contributed by atoms with van der Waals surface area (Å²) in [5.74, 6) is 0. The second kappa shape index (κ2) is 5.09. The Kier molecular flexibility index (Phi) is 3.44. The van der Waals surface area contributed by atoms with Gasteiger partial charge in [-0.05, 0) is 18.4 Å². The zero-order valence-electron chi connectivity index (χ0n) is 10.4. The predicted octanol–water partition coefficient (Wildman–Crippen LogP) is 0.634. The van der Waals surface area contributed by atoms with Gasteiger partial charge in [0.05, 0.1) is 23.9 Å². The summed E-state index contributed by atoms with van der Waals surface area (Å²) in [4.78, 5) is 4.21. The van der Waals surface area contributed by atoms with Crippen molar-refractivity contribution in [2.75, 3.05) is 12.9 Å². The number of aromatic nitrogens is 3. The Balaban J connectivity index is 1.98. The Hall–Kier alpha value is -1.15. The van der Waals surface area contributed by atoms with E-state index in [0.717, 1.165) is 16.2 Å². The highest BCUT2D eigenvalue weighted by Gasteiger charge is 2.35. The minimum atomic E-state index is -0.637. The molecule has 0 amide bonds. The van der Waals surface area contributed by atoms with Gasteiger partial charge in [-0.3, -0.25) is 0 Å².